The van der Waals surface area contributed by atoms with Crippen LogP contribution >= 0.6 is 0 Å². The number of fused-ring (bicyclic) bond motifs is 2. The van der Waals surface area contributed by atoms with Gasteiger partial charge in [0.05, 0.1) is 37.3 Å². The zero-order valence-corrected chi connectivity index (χ0v) is 14.9. The van der Waals surface area contributed by atoms with Crippen molar-refractivity contribution in [1.82, 2.24) is 29.0 Å². The van der Waals surface area contributed by atoms with E-state index < -0.39 is 0 Å². The van der Waals surface area contributed by atoms with Crippen LogP contribution in [-0.4, -0.2) is 61.3 Å². The molecule has 0 N–H and O–H groups in total. The summed E-state index contributed by atoms with van der Waals surface area (Å²) in [6.45, 7) is 2.35. The number of aromatic nitrogens is 5. The molecule has 27 heavy (non-hydrogen) atoms. The van der Waals surface area contributed by atoms with Crippen LogP contribution in [0, 0.1) is 0 Å². The molecular weight excluding hydrogens is 344 g/mol. The summed E-state index contributed by atoms with van der Waals surface area (Å²) >= 11 is 0. The molecule has 5 rings (SSSR count). The molecule has 0 atom stereocenters. The van der Waals surface area contributed by atoms with E-state index in [1.165, 1.54) is 0 Å². The Hall–Kier alpha value is -3.26. The third-order valence-corrected chi connectivity index (χ3v) is 5.01. The van der Waals surface area contributed by atoms with Crippen LogP contribution in [0.2, 0.25) is 0 Å². The Kier molecular flexibility index (Phi) is 3.64. The molecule has 0 spiro atoms. The highest BCUT2D eigenvalue weighted by molar-refractivity contribution is 5.95. The van der Waals surface area contributed by atoms with Crippen LogP contribution in [0.15, 0.2) is 43.1 Å². The fourth-order valence-corrected chi connectivity index (χ4v) is 3.52. The molecule has 1 aliphatic rings. The third kappa shape index (κ3) is 2.57. The van der Waals surface area contributed by atoms with Crippen LogP contribution in [0.3, 0.4) is 0 Å². The normalized spacial score (nSPS) is 14.9. The van der Waals surface area contributed by atoms with Crippen molar-refractivity contribution in [2.75, 3.05) is 26.3 Å². The van der Waals surface area contributed by atoms with E-state index in [0.29, 0.717) is 32.0 Å². The van der Waals surface area contributed by atoms with Gasteiger partial charge in [-0.25, -0.2) is 4.98 Å². The molecule has 1 amide bonds. The number of amides is 1. The fourth-order valence-electron chi connectivity index (χ4n) is 3.52. The first-order chi connectivity index (χ1) is 13.2. The number of carbonyl (C=O) groups is 1. The average molecular weight is 362 g/mol. The van der Waals surface area contributed by atoms with Gasteiger partial charge in [0.2, 0.25) is 0 Å². The lowest BCUT2D eigenvalue weighted by Gasteiger charge is -2.26. The van der Waals surface area contributed by atoms with Crippen LogP contribution in [0.4, 0.5) is 0 Å². The first kappa shape index (κ1) is 16.0. The molecular formula is C19H18N6O2. The monoisotopic (exact) mass is 362 g/mol. The third-order valence-electron chi connectivity index (χ3n) is 5.01. The zero-order chi connectivity index (χ0) is 18.4. The van der Waals surface area contributed by atoms with Gasteiger partial charge < -0.3 is 9.64 Å². The van der Waals surface area contributed by atoms with E-state index in [1.807, 2.05) is 47.1 Å². The topological polar surface area (TPSA) is 77.5 Å². The molecule has 5 heterocycles. The summed E-state index contributed by atoms with van der Waals surface area (Å²) < 4.78 is 8.99. The van der Waals surface area contributed by atoms with Gasteiger partial charge >= 0.3 is 0 Å². The van der Waals surface area contributed by atoms with E-state index in [-0.39, 0.29) is 5.91 Å². The molecule has 4 aromatic rings. The highest BCUT2D eigenvalue weighted by atomic mass is 16.5. The maximum Gasteiger partial charge on any atom is 0.272 e. The number of morpholine rings is 1. The maximum atomic E-state index is 12.9. The second-order valence-electron chi connectivity index (χ2n) is 6.58. The van der Waals surface area contributed by atoms with Crippen LogP contribution < -0.4 is 0 Å². The van der Waals surface area contributed by atoms with Crippen LogP contribution in [0.1, 0.15) is 10.5 Å². The first-order valence-corrected chi connectivity index (χ1v) is 8.82. The van der Waals surface area contributed by atoms with Crippen molar-refractivity contribution >= 4 is 22.5 Å². The van der Waals surface area contributed by atoms with Gasteiger partial charge in [-0.3, -0.25) is 18.9 Å². The Bertz CT molecular complexity index is 1160. The molecule has 0 saturated carbocycles. The molecule has 0 aliphatic carbocycles. The summed E-state index contributed by atoms with van der Waals surface area (Å²) in [4.78, 5) is 23.5. The summed E-state index contributed by atoms with van der Waals surface area (Å²) in [5.74, 6) is -0.0272. The molecule has 1 aliphatic heterocycles. The second kappa shape index (κ2) is 6.17. The number of hydrogen-bond donors (Lipinski definition) is 0. The lowest BCUT2D eigenvalue weighted by Crippen LogP contribution is -2.41. The Labute approximate surface area is 155 Å². The largest absolute Gasteiger partial charge is 0.378 e. The second-order valence-corrected chi connectivity index (χ2v) is 6.58. The maximum absolute atomic E-state index is 12.9. The van der Waals surface area contributed by atoms with Crippen LogP contribution in [0.25, 0.3) is 27.7 Å². The SMILES string of the molecule is Cn1ncc2c(-c3ccc4ncc(C(=O)N5CCOCC5)n4c3)cncc21. The summed E-state index contributed by atoms with van der Waals surface area (Å²) in [5, 5.41) is 5.35. The van der Waals surface area contributed by atoms with Crippen LogP contribution in [0.5, 0.6) is 0 Å². The standard InChI is InChI=1S/C19H18N6O2/c1-23-16-10-20-8-14(15(16)9-22-23)13-2-3-18-21-11-17(25(18)12-13)19(26)24-4-6-27-7-5-24/h2-3,8-12H,4-7H2,1H3. The smallest absolute Gasteiger partial charge is 0.272 e. The average Bonchev–Trinajstić information content (AvgIpc) is 3.31. The Balaban J connectivity index is 1.61. The van der Waals surface area contributed by atoms with Crippen molar-refractivity contribution in [2.45, 2.75) is 0 Å². The van der Waals surface area contributed by atoms with Crippen molar-refractivity contribution in [2.24, 2.45) is 7.05 Å². The number of hydrogen-bond acceptors (Lipinski definition) is 5. The highest BCUT2D eigenvalue weighted by Gasteiger charge is 2.22. The highest BCUT2D eigenvalue weighted by Crippen LogP contribution is 2.28. The Morgan fingerprint density at radius 1 is 1.11 bits per heavy atom. The Morgan fingerprint density at radius 2 is 1.96 bits per heavy atom. The predicted octanol–water partition coefficient (Wildman–Crippen LogP) is 1.76. The van der Waals surface area contributed by atoms with Crippen molar-refractivity contribution in [1.29, 1.82) is 0 Å². The molecule has 1 fully saturated rings. The molecule has 1 saturated heterocycles. The lowest BCUT2D eigenvalue weighted by molar-refractivity contribution is 0.0298. The summed E-state index contributed by atoms with van der Waals surface area (Å²) in [5.41, 5.74) is 4.19. The van der Waals surface area contributed by atoms with Crippen molar-refractivity contribution in [3.05, 3.63) is 48.8 Å². The van der Waals surface area contributed by atoms with Gasteiger partial charge in [0, 0.05) is 49.0 Å². The van der Waals surface area contributed by atoms with Gasteiger partial charge in [-0.15, -0.1) is 0 Å². The van der Waals surface area contributed by atoms with E-state index in [9.17, 15) is 4.79 Å². The van der Waals surface area contributed by atoms with Gasteiger partial charge in [-0.05, 0) is 12.1 Å². The van der Waals surface area contributed by atoms with E-state index in [1.54, 1.807) is 17.1 Å². The number of nitrogens with zero attached hydrogens (tertiary/aromatic N) is 6. The van der Waals surface area contributed by atoms with E-state index in [4.69, 9.17) is 4.74 Å². The quantitative estimate of drug-likeness (QED) is 0.543. The molecule has 0 bridgehead atoms. The van der Waals surface area contributed by atoms with Crippen molar-refractivity contribution in [3.8, 4) is 11.1 Å². The minimum absolute atomic E-state index is 0.0272. The lowest BCUT2D eigenvalue weighted by atomic mass is 10.1. The Morgan fingerprint density at radius 3 is 2.81 bits per heavy atom. The minimum Gasteiger partial charge on any atom is -0.378 e. The fraction of sp³-hybridized carbons (Fsp3) is 0.263. The first-order valence-electron chi connectivity index (χ1n) is 8.82. The molecule has 0 radical (unpaired) electrons. The number of pyridine rings is 2. The van der Waals surface area contributed by atoms with Crippen molar-refractivity contribution in [3.63, 3.8) is 0 Å². The zero-order valence-electron chi connectivity index (χ0n) is 14.9. The van der Waals surface area contributed by atoms with Crippen molar-refractivity contribution < 1.29 is 9.53 Å². The summed E-state index contributed by atoms with van der Waals surface area (Å²) in [6.07, 6.45) is 9.05. The molecule has 8 nitrogen and oxygen atoms in total. The number of rotatable bonds is 2. The van der Waals surface area contributed by atoms with Crippen LogP contribution in [-0.2, 0) is 11.8 Å². The summed E-state index contributed by atoms with van der Waals surface area (Å²) in [6, 6.07) is 3.91. The molecule has 4 aromatic heterocycles. The van der Waals surface area contributed by atoms with Gasteiger partial charge in [-0.2, -0.15) is 5.10 Å². The molecule has 0 unspecified atom stereocenters. The predicted molar refractivity (Wildman–Crippen MR) is 99.4 cm³/mol. The number of ether oxygens (including phenoxy) is 1. The van der Waals surface area contributed by atoms with Gasteiger partial charge in [0.25, 0.3) is 5.91 Å². The molecule has 0 aromatic carbocycles. The van der Waals surface area contributed by atoms with E-state index in [2.05, 4.69) is 15.1 Å². The minimum atomic E-state index is -0.0272. The number of carbonyl (C=O) groups excluding carboxylic acids is 1. The van der Waals surface area contributed by atoms with Gasteiger partial charge in [0.1, 0.15) is 11.3 Å². The number of aryl methyl sites for hydroxylation is 1. The number of imidazole rings is 1. The summed E-state index contributed by atoms with van der Waals surface area (Å²) in [7, 11) is 1.89. The molecule has 136 valence electrons. The molecule has 8 heteroatoms. The van der Waals surface area contributed by atoms with Gasteiger partial charge in [-0.1, -0.05) is 0 Å². The van der Waals surface area contributed by atoms with E-state index in [0.717, 1.165) is 27.7 Å². The van der Waals surface area contributed by atoms with E-state index >= 15 is 0 Å². The van der Waals surface area contributed by atoms with Gasteiger partial charge in [0.15, 0.2) is 0 Å².